The largest absolute Gasteiger partial charge is 3.00 e. The van der Waals surface area contributed by atoms with Gasteiger partial charge in [0.1, 0.15) is 0 Å². The van der Waals surface area contributed by atoms with Crippen molar-refractivity contribution in [1.82, 2.24) is 0 Å². The van der Waals surface area contributed by atoms with Gasteiger partial charge in [0.15, 0.2) is 0 Å². The van der Waals surface area contributed by atoms with Gasteiger partial charge in [0.25, 0.3) is 0 Å². The summed E-state index contributed by atoms with van der Waals surface area (Å²) in [7, 11) is 0. The molecule has 0 atom stereocenters. The van der Waals surface area contributed by atoms with E-state index in [1.54, 1.807) is 0 Å². The van der Waals surface area contributed by atoms with Gasteiger partial charge in [-0.05, 0) is 0 Å². The predicted octanol–water partition coefficient (Wildman–Crippen LogP) is -3.82. The summed E-state index contributed by atoms with van der Waals surface area (Å²) in [6.45, 7) is 0. The maximum Gasteiger partial charge on any atom is 3.00 e. The predicted molar refractivity (Wildman–Crippen MR) is 45.3 cm³/mol. The Morgan fingerprint density at radius 1 is 0.923 bits per heavy atom. The fourth-order valence-electron chi connectivity index (χ4n) is 1.07. The Labute approximate surface area is 110 Å². The summed E-state index contributed by atoms with van der Waals surface area (Å²) < 4.78 is 0. The fraction of sp³-hybridized carbons (Fsp3) is 0. The SMILES string of the molecule is [Cl-].[Cl-].[Si].[Ti+3].c1ccc2[cH-]ccc2c1. The third-order valence-electron chi connectivity index (χ3n) is 1.55. The maximum atomic E-state index is 2.12. The molecule has 0 heterocycles. The van der Waals surface area contributed by atoms with Crippen LogP contribution in [0.4, 0.5) is 0 Å². The molecule has 5 radical (unpaired) electrons. The van der Waals surface area contributed by atoms with Crippen LogP contribution < -0.4 is 24.8 Å². The number of halogens is 2. The van der Waals surface area contributed by atoms with Crippen LogP contribution in [0.25, 0.3) is 10.8 Å². The normalized spacial score (nSPS) is 7.08. The minimum absolute atomic E-state index is 0. The topological polar surface area (TPSA) is 0 Å². The molecule has 0 fully saturated rings. The average Bonchev–Trinajstić information content (AvgIpc) is 2.33. The molecule has 65 valence electrons. The number of benzene rings is 1. The molecule has 0 aromatic heterocycles. The molecule has 0 aliphatic carbocycles. The van der Waals surface area contributed by atoms with Gasteiger partial charge in [0.2, 0.25) is 0 Å². The maximum absolute atomic E-state index is 2.12. The van der Waals surface area contributed by atoms with Crippen molar-refractivity contribution in [3.8, 4) is 0 Å². The first-order valence-electron chi connectivity index (χ1n) is 3.07. The van der Waals surface area contributed by atoms with Crippen molar-refractivity contribution in [2.75, 3.05) is 0 Å². The van der Waals surface area contributed by atoms with Crippen LogP contribution in [0.5, 0.6) is 0 Å². The van der Waals surface area contributed by atoms with Gasteiger partial charge in [-0.15, -0.1) is 29.7 Å². The Bertz CT molecular complexity index is 292. The molecule has 0 aliphatic rings. The third-order valence-corrected chi connectivity index (χ3v) is 1.55. The van der Waals surface area contributed by atoms with E-state index in [2.05, 4.69) is 42.5 Å². The summed E-state index contributed by atoms with van der Waals surface area (Å²) in [6.07, 6.45) is 0. The van der Waals surface area contributed by atoms with E-state index < -0.39 is 0 Å². The molecule has 0 N–H and O–H groups in total. The monoisotopic (exact) mass is 261 g/mol. The van der Waals surface area contributed by atoms with Crippen LogP contribution >= 0.6 is 0 Å². The van der Waals surface area contributed by atoms with Gasteiger partial charge in [0, 0.05) is 11.0 Å². The minimum atomic E-state index is 0. The van der Waals surface area contributed by atoms with Gasteiger partial charge in [-0.2, -0.15) is 17.5 Å². The molecule has 0 unspecified atom stereocenters. The van der Waals surface area contributed by atoms with Crippen LogP contribution in [0.1, 0.15) is 0 Å². The summed E-state index contributed by atoms with van der Waals surface area (Å²) in [5.41, 5.74) is 0. The van der Waals surface area contributed by atoms with Gasteiger partial charge < -0.3 is 24.8 Å². The molecule has 0 spiro atoms. The van der Waals surface area contributed by atoms with E-state index in [-0.39, 0.29) is 57.5 Å². The molecule has 0 amide bonds. The fourth-order valence-corrected chi connectivity index (χ4v) is 1.07. The smallest absolute Gasteiger partial charge is 1.00 e. The molecular weight excluding hydrogens is 255 g/mol. The van der Waals surface area contributed by atoms with Crippen LogP contribution in [0.15, 0.2) is 42.5 Å². The second-order valence-corrected chi connectivity index (χ2v) is 2.15. The zero-order chi connectivity index (χ0) is 6.10. The molecule has 13 heavy (non-hydrogen) atoms. The van der Waals surface area contributed by atoms with E-state index >= 15 is 0 Å². The Kier molecular flexibility index (Phi) is 13.0. The number of fused-ring (bicyclic) bond motifs is 1. The third kappa shape index (κ3) is 4.39. The first-order chi connectivity index (χ1) is 4.47. The second-order valence-electron chi connectivity index (χ2n) is 2.15. The van der Waals surface area contributed by atoms with Crippen molar-refractivity contribution >= 4 is 21.7 Å². The van der Waals surface area contributed by atoms with E-state index in [9.17, 15) is 0 Å². The summed E-state index contributed by atoms with van der Waals surface area (Å²) in [5.74, 6) is 0. The molecular formula is C9H7Cl2SiTi. The number of hydrogen-bond acceptors (Lipinski definition) is 0. The van der Waals surface area contributed by atoms with Gasteiger partial charge in [-0.3, -0.25) is 0 Å². The standard InChI is InChI=1S/C9H7.2ClH.Si.Ti/c1-2-5-9-7-3-6-8(9)4-1;;;;/h1-7H;2*1H;;/q-1;;;;+3/p-2. The van der Waals surface area contributed by atoms with Crippen LogP contribution in [-0.4, -0.2) is 11.0 Å². The molecule has 4 heteroatoms. The van der Waals surface area contributed by atoms with Crippen molar-refractivity contribution < 1.29 is 46.5 Å². The summed E-state index contributed by atoms with van der Waals surface area (Å²) in [5, 5.41) is 2.66. The van der Waals surface area contributed by atoms with E-state index in [4.69, 9.17) is 0 Å². The Balaban J connectivity index is -0.000000250. The zero-order valence-electron chi connectivity index (χ0n) is 6.80. The molecule has 0 saturated carbocycles. The van der Waals surface area contributed by atoms with Crippen LogP contribution in [0, 0.1) is 0 Å². The van der Waals surface area contributed by atoms with Crippen molar-refractivity contribution in [3.63, 3.8) is 0 Å². The number of hydrogen-bond donors (Lipinski definition) is 0. The van der Waals surface area contributed by atoms with Crippen LogP contribution in [0.2, 0.25) is 0 Å². The minimum Gasteiger partial charge on any atom is -1.00 e. The second kappa shape index (κ2) is 8.92. The van der Waals surface area contributed by atoms with Gasteiger partial charge in [-0.25, -0.2) is 0 Å². The zero-order valence-corrected chi connectivity index (χ0v) is 10.9. The van der Waals surface area contributed by atoms with Crippen LogP contribution in [0.3, 0.4) is 0 Å². The Morgan fingerprint density at radius 3 is 2.15 bits per heavy atom. The number of rotatable bonds is 0. The van der Waals surface area contributed by atoms with Crippen molar-refractivity contribution in [1.29, 1.82) is 0 Å². The molecule has 0 aliphatic heterocycles. The van der Waals surface area contributed by atoms with Crippen molar-refractivity contribution in [3.05, 3.63) is 42.5 Å². The van der Waals surface area contributed by atoms with E-state index in [1.807, 2.05) is 0 Å². The molecule has 2 aromatic rings. The molecule has 0 nitrogen and oxygen atoms in total. The Morgan fingerprint density at radius 2 is 1.54 bits per heavy atom. The quantitative estimate of drug-likeness (QED) is 0.337. The van der Waals surface area contributed by atoms with Crippen molar-refractivity contribution in [2.24, 2.45) is 0 Å². The average molecular weight is 262 g/mol. The van der Waals surface area contributed by atoms with E-state index in [0.29, 0.717) is 0 Å². The molecule has 2 aromatic carbocycles. The van der Waals surface area contributed by atoms with Gasteiger partial charge >= 0.3 is 21.7 Å². The Hall–Kier alpha value is 0.341. The van der Waals surface area contributed by atoms with Crippen molar-refractivity contribution in [2.45, 2.75) is 0 Å². The van der Waals surface area contributed by atoms with E-state index in [0.717, 1.165) is 0 Å². The van der Waals surface area contributed by atoms with Crippen LogP contribution in [-0.2, 0) is 21.7 Å². The van der Waals surface area contributed by atoms with Gasteiger partial charge in [-0.1, -0.05) is 6.07 Å². The molecule has 0 bridgehead atoms. The molecule has 2 rings (SSSR count). The summed E-state index contributed by atoms with van der Waals surface area (Å²) in [4.78, 5) is 0. The van der Waals surface area contributed by atoms with Gasteiger partial charge in [0.05, 0.1) is 0 Å². The summed E-state index contributed by atoms with van der Waals surface area (Å²) >= 11 is 0. The first kappa shape index (κ1) is 19.0. The summed E-state index contributed by atoms with van der Waals surface area (Å²) in [6, 6.07) is 14.7. The van der Waals surface area contributed by atoms with E-state index in [1.165, 1.54) is 10.8 Å². The first-order valence-corrected chi connectivity index (χ1v) is 3.07. The molecule has 0 saturated heterocycles.